The lowest BCUT2D eigenvalue weighted by atomic mass is 10.1. The Morgan fingerprint density at radius 2 is 1.82 bits per heavy atom. The van der Waals surface area contributed by atoms with Gasteiger partial charge >= 0.3 is 5.97 Å². The maximum Gasteiger partial charge on any atom is 0.337 e. The van der Waals surface area contributed by atoms with E-state index in [0.717, 1.165) is 18.4 Å². The minimum atomic E-state index is -0.375. The molecule has 0 heterocycles. The van der Waals surface area contributed by atoms with E-state index in [1.54, 1.807) is 30.5 Å². The molecule has 0 aliphatic carbocycles. The smallest absolute Gasteiger partial charge is 0.337 e. The van der Waals surface area contributed by atoms with Gasteiger partial charge in [0, 0.05) is 6.42 Å². The summed E-state index contributed by atoms with van der Waals surface area (Å²) in [6, 6.07) is 6.80. The summed E-state index contributed by atoms with van der Waals surface area (Å²) in [4.78, 5) is 22.8. The molecular formula is C17H24N2O3. The third-order valence-electron chi connectivity index (χ3n) is 3.24. The fraction of sp³-hybridized carbons (Fsp3) is 0.471. The molecule has 1 N–H and O–H groups in total. The van der Waals surface area contributed by atoms with Crippen LogP contribution in [0.5, 0.6) is 0 Å². The van der Waals surface area contributed by atoms with Crippen LogP contribution in [0.4, 0.5) is 0 Å². The van der Waals surface area contributed by atoms with Crippen molar-refractivity contribution in [1.82, 2.24) is 5.43 Å². The summed E-state index contributed by atoms with van der Waals surface area (Å²) in [5.74, 6) is -0.446. The number of nitrogens with zero attached hydrogens (tertiary/aromatic N) is 1. The minimum absolute atomic E-state index is 0.0704. The van der Waals surface area contributed by atoms with Gasteiger partial charge in [-0.15, -0.1) is 0 Å². The molecule has 0 saturated heterocycles. The highest BCUT2D eigenvalue weighted by atomic mass is 16.5. The van der Waals surface area contributed by atoms with Crippen LogP contribution in [0.15, 0.2) is 29.4 Å². The predicted molar refractivity (Wildman–Crippen MR) is 86.9 cm³/mol. The number of amides is 1. The molecule has 0 bridgehead atoms. The SMILES string of the molecule is CCCCCCCC(=O)N/N=C/c1ccc(C(=O)OC)cc1. The van der Waals surface area contributed by atoms with Gasteiger partial charge < -0.3 is 4.74 Å². The van der Waals surface area contributed by atoms with Gasteiger partial charge in [-0.05, 0) is 24.1 Å². The fourth-order valence-electron chi connectivity index (χ4n) is 1.95. The second-order valence-electron chi connectivity index (χ2n) is 5.07. The van der Waals surface area contributed by atoms with Crippen molar-refractivity contribution in [1.29, 1.82) is 0 Å². The molecule has 0 spiro atoms. The fourth-order valence-corrected chi connectivity index (χ4v) is 1.95. The van der Waals surface area contributed by atoms with E-state index in [9.17, 15) is 9.59 Å². The number of hydrogen-bond acceptors (Lipinski definition) is 4. The maximum absolute atomic E-state index is 11.6. The van der Waals surface area contributed by atoms with E-state index in [0.29, 0.717) is 12.0 Å². The van der Waals surface area contributed by atoms with Crippen molar-refractivity contribution in [2.45, 2.75) is 45.4 Å². The highest BCUT2D eigenvalue weighted by Gasteiger charge is 2.03. The number of benzene rings is 1. The van der Waals surface area contributed by atoms with Gasteiger partial charge in [-0.3, -0.25) is 4.79 Å². The lowest BCUT2D eigenvalue weighted by molar-refractivity contribution is -0.121. The van der Waals surface area contributed by atoms with Gasteiger partial charge in [-0.1, -0.05) is 44.7 Å². The topological polar surface area (TPSA) is 67.8 Å². The molecule has 0 aromatic heterocycles. The molecule has 0 unspecified atom stereocenters. The number of ether oxygens (including phenoxy) is 1. The highest BCUT2D eigenvalue weighted by Crippen LogP contribution is 2.05. The molecule has 0 fully saturated rings. The zero-order valence-electron chi connectivity index (χ0n) is 13.3. The molecule has 1 amide bonds. The molecule has 1 aromatic carbocycles. The van der Waals surface area contributed by atoms with E-state index in [2.05, 4.69) is 22.2 Å². The van der Waals surface area contributed by atoms with Crippen LogP contribution in [0.3, 0.4) is 0 Å². The molecule has 22 heavy (non-hydrogen) atoms. The average molecular weight is 304 g/mol. The van der Waals surface area contributed by atoms with Crippen LogP contribution in [0.1, 0.15) is 61.4 Å². The van der Waals surface area contributed by atoms with Crippen molar-refractivity contribution in [2.75, 3.05) is 7.11 Å². The van der Waals surface area contributed by atoms with Crippen molar-refractivity contribution in [3.05, 3.63) is 35.4 Å². The molecule has 0 atom stereocenters. The zero-order chi connectivity index (χ0) is 16.2. The Hall–Kier alpha value is -2.17. The van der Waals surface area contributed by atoms with Crippen molar-refractivity contribution >= 4 is 18.1 Å². The third-order valence-corrected chi connectivity index (χ3v) is 3.24. The molecule has 0 saturated carbocycles. The van der Waals surface area contributed by atoms with E-state index in [1.165, 1.54) is 26.4 Å². The number of carbonyl (C=O) groups is 2. The lowest BCUT2D eigenvalue weighted by Gasteiger charge is -2.01. The average Bonchev–Trinajstić information content (AvgIpc) is 2.54. The maximum atomic E-state index is 11.6. The second kappa shape index (κ2) is 10.5. The zero-order valence-corrected chi connectivity index (χ0v) is 13.3. The number of hydrogen-bond donors (Lipinski definition) is 1. The monoisotopic (exact) mass is 304 g/mol. The molecule has 0 radical (unpaired) electrons. The van der Waals surface area contributed by atoms with Crippen LogP contribution in [-0.4, -0.2) is 25.2 Å². The van der Waals surface area contributed by atoms with Crippen LogP contribution in [0.25, 0.3) is 0 Å². The Labute approximate surface area is 131 Å². The van der Waals surface area contributed by atoms with Crippen LogP contribution in [0.2, 0.25) is 0 Å². The van der Waals surface area contributed by atoms with Crippen LogP contribution in [0, 0.1) is 0 Å². The molecule has 0 aliphatic heterocycles. The minimum Gasteiger partial charge on any atom is -0.465 e. The van der Waals surface area contributed by atoms with Crippen molar-refractivity contribution in [2.24, 2.45) is 5.10 Å². The Kier molecular flexibility index (Phi) is 8.57. The number of hydrazone groups is 1. The number of rotatable bonds is 9. The predicted octanol–water partition coefficient (Wildman–Crippen LogP) is 3.28. The van der Waals surface area contributed by atoms with Crippen LogP contribution >= 0.6 is 0 Å². The largest absolute Gasteiger partial charge is 0.465 e. The van der Waals surface area contributed by atoms with Gasteiger partial charge in [-0.2, -0.15) is 5.10 Å². The van der Waals surface area contributed by atoms with Crippen molar-refractivity contribution in [3.63, 3.8) is 0 Å². The molecule has 5 nitrogen and oxygen atoms in total. The molecule has 1 rings (SSSR count). The van der Waals surface area contributed by atoms with Gasteiger partial charge in [0.1, 0.15) is 0 Å². The van der Waals surface area contributed by atoms with Gasteiger partial charge in [0.25, 0.3) is 0 Å². The Morgan fingerprint density at radius 1 is 1.14 bits per heavy atom. The Bertz CT molecular complexity index is 495. The summed E-state index contributed by atoms with van der Waals surface area (Å²) in [6.07, 6.45) is 7.64. The van der Waals surface area contributed by atoms with E-state index in [-0.39, 0.29) is 11.9 Å². The number of esters is 1. The van der Waals surface area contributed by atoms with Gasteiger partial charge in [0.05, 0.1) is 18.9 Å². The first-order valence-corrected chi connectivity index (χ1v) is 7.67. The molecule has 5 heteroatoms. The van der Waals surface area contributed by atoms with Crippen LogP contribution in [-0.2, 0) is 9.53 Å². The summed E-state index contributed by atoms with van der Waals surface area (Å²) in [6.45, 7) is 2.17. The number of carbonyl (C=O) groups excluding carboxylic acids is 2. The first kappa shape index (κ1) is 17.9. The summed E-state index contributed by atoms with van der Waals surface area (Å²) in [5.41, 5.74) is 3.79. The van der Waals surface area contributed by atoms with Crippen molar-refractivity contribution < 1.29 is 14.3 Å². The summed E-state index contributed by atoms with van der Waals surface area (Å²) in [7, 11) is 1.34. The molecule has 1 aromatic rings. The lowest BCUT2D eigenvalue weighted by Crippen LogP contribution is -2.16. The first-order valence-electron chi connectivity index (χ1n) is 7.67. The number of nitrogens with one attached hydrogen (secondary N) is 1. The van der Waals surface area contributed by atoms with Crippen LogP contribution < -0.4 is 5.43 Å². The molecular weight excluding hydrogens is 280 g/mol. The quantitative estimate of drug-likeness (QED) is 0.329. The summed E-state index contributed by atoms with van der Waals surface area (Å²) >= 11 is 0. The Balaban J connectivity index is 2.30. The van der Waals surface area contributed by atoms with Gasteiger partial charge in [0.2, 0.25) is 5.91 Å². The number of methoxy groups -OCH3 is 1. The van der Waals surface area contributed by atoms with E-state index >= 15 is 0 Å². The second-order valence-corrected chi connectivity index (χ2v) is 5.07. The first-order chi connectivity index (χ1) is 10.7. The standard InChI is InChI=1S/C17H24N2O3/c1-3-4-5-6-7-8-16(20)19-18-13-14-9-11-15(12-10-14)17(21)22-2/h9-13H,3-8H2,1-2H3,(H,19,20)/b18-13+. The number of unbranched alkanes of at least 4 members (excludes halogenated alkanes) is 4. The van der Waals surface area contributed by atoms with Gasteiger partial charge in [0.15, 0.2) is 0 Å². The molecule has 0 aliphatic rings. The normalized spacial score (nSPS) is 10.6. The van der Waals surface area contributed by atoms with E-state index in [1.807, 2.05) is 0 Å². The van der Waals surface area contributed by atoms with E-state index < -0.39 is 0 Å². The van der Waals surface area contributed by atoms with Gasteiger partial charge in [-0.25, -0.2) is 10.2 Å². The summed E-state index contributed by atoms with van der Waals surface area (Å²) in [5, 5.41) is 3.91. The van der Waals surface area contributed by atoms with Crippen molar-refractivity contribution in [3.8, 4) is 0 Å². The highest BCUT2D eigenvalue weighted by molar-refractivity contribution is 5.90. The third kappa shape index (κ3) is 7.02. The summed E-state index contributed by atoms with van der Waals surface area (Å²) < 4.78 is 4.62. The molecule has 120 valence electrons. The Morgan fingerprint density at radius 3 is 2.45 bits per heavy atom. The van der Waals surface area contributed by atoms with E-state index in [4.69, 9.17) is 0 Å².